The number of nitrogens with zero attached hydrogens (tertiary/aromatic N) is 1. The van der Waals surface area contributed by atoms with Gasteiger partial charge in [-0.2, -0.15) is 0 Å². The maximum absolute atomic E-state index is 11.9. The van der Waals surface area contributed by atoms with E-state index in [2.05, 4.69) is 0 Å². The van der Waals surface area contributed by atoms with Crippen molar-refractivity contribution in [3.8, 4) is 0 Å². The second-order valence-electron chi connectivity index (χ2n) is 4.38. The number of hydrogen-bond acceptors (Lipinski definition) is 3. The Morgan fingerprint density at radius 3 is 2.75 bits per heavy atom. The van der Waals surface area contributed by atoms with Crippen LogP contribution in [0.4, 0.5) is 5.69 Å². The van der Waals surface area contributed by atoms with Gasteiger partial charge in [-0.25, -0.2) is 4.79 Å². The van der Waals surface area contributed by atoms with E-state index < -0.39 is 5.76 Å². The first-order valence-electron chi connectivity index (χ1n) is 5.88. The van der Waals surface area contributed by atoms with Crippen molar-refractivity contribution in [3.63, 3.8) is 0 Å². The first kappa shape index (κ1) is 13.1. The molecule has 1 aromatic heterocycles. The molecule has 3 rings (SSSR count). The minimum atomic E-state index is -0.469. The van der Waals surface area contributed by atoms with Crippen LogP contribution in [0.25, 0.3) is 11.1 Å². The SMILES string of the molecule is Nc1cccc2oc(=O)n(Cc3ccc(Cl)cc3Cl)c12. The molecule has 0 aliphatic heterocycles. The predicted octanol–water partition coefficient (Wildman–Crippen LogP) is 3.53. The van der Waals surface area contributed by atoms with Crippen molar-refractivity contribution >= 4 is 40.0 Å². The molecule has 2 N–H and O–H groups in total. The summed E-state index contributed by atoms with van der Waals surface area (Å²) in [5, 5.41) is 1.04. The molecule has 0 aliphatic rings. The lowest BCUT2D eigenvalue weighted by atomic mass is 10.2. The van der Waals surface area contributed by atoms with Crippen LogP contribution in [-0.2, 0) is 6.54 Å². The summed E-state index contributed by atoms with van der Waals surface area (Å²) in [5.41, 5.74) is 8.20. The molecular weight excluding hydrogens is 299 g/mol. The highest BCUT2D eigenvalue weighted by molar-refractivity contribution is 6.35. The van der Waals surface area contributed by atoms with Crippen LogP contribution < -0.4 is 11.5 Å². The van der Waals surface area contributed by atoms with Gasteiger partial charge in [0.15, 0.2) is 5.58 Å². The van der Waals surface area contributed by atoms with E-state index in [4.69, 9.17) is 33.4 Å². The predicted molar refractivity (Wildman–Crippen MR) is 80.5 cm³/mol. The zero-order valence-corrected chi connectivity index (χ0v) is 11.8. The number of nitrogen functional groups attached to an aromatic ring is 1. The molecule has 0 fully saturated rings. The Morgan fingerprint density at radius 2 is 2.00 bits per heavy atom. The standard InChI is InChI=1S/C14H10Cl2N2O2/c15-9-5-4-8(10(16)6-9)7-18-13-11(17)2-1-3-12(13)20-14(18)19/h1-6H,7,17H2. The van der Waals surface area contributed by atoms with Crippen molar-refractivity contribution in [2.24, 2.45) is 0 Å². The topological polar surface area (TPSA) is 61.2 Å². The molecule has 0 spiro atoms. The van der Waals surface area contributed by atoms with Crippen LogP contribution >= 0.6 is 23.2 Å². The summed E-state index contributed by atoms with van der Waals surface area (Å²) in [6.45, 7) is 0.274. The van der Waals surface area contributed by atoms with Crippen molar-refractivity contribution < 1.29 is 4.42 Å². The van der Waals surface area contributed by atoms with E-state index in [0.717, 1.165) is 5.56 Å². The molecule has 4 nitrogen and oxygen atoms in total. The van der Waals surface area contributed by atoms with E-state index in [1.807, 2.05) is 0 Å². The van der Waals surface area contributed by atoms with Crippen LogP contribution in [0.5, 0.6) is 0 Å². The molecule has 0 amide bonds. The second kappa shape index (κ2) is 4.89. The van der Waals surface area contributed by atoms with E-state index in [1.54, 1.807) is 36.4 Å². The molecule has 0 saturated heterocycles. The quantitative estimate of drug-likeness (QED) is 0.737. The fourth-order valence-corrected chi connectivity index (χ4v) is 2.58. The third-order valence-corrected chi connectivity index (χ3v) is 3.65. The van der Waals surface area contributed by atoms with E-state index in [1.165, 1.54) is 4.57 Å². The van der Waals surface area contributed by atoms with Crippen LogP contribution in [0.2, 0.25) is 10.0 Å². The Morgan fingerprint density at radius 1 is 1.20 bits per heavy atom. The summed E-state index contributed by atoms with van der Waals surface area (Å²) in [6, 6.07) is 10.3. The van der Waals surface area contributed by atoms with Crippen LogP contribution in [0.3, 0.4) is 0 Å². The van der Waals surface area contributed by atoms with Crippen LogP contribution in [0, 0.1) is 0 Å². The summed E-state index contributed by atoms with van der Waals surface area (Å²) < 4.78 is 6.63. The van der Waals surface area contributed by atoms with Gasteiger partial charge in [-0.15, -0.1) is 0 Å². The van der Waals surface area contributed by atoms with Crippen molar-refractivity contribution in [3.05, 3.63) is 62.6 Å². The van der Waals surface area contributed by atoms with E-state index in [9.17, 15) is 4.79 Å². The minimum Gasteiger partial charge on any atom is -0.408 e. The smallest absolute Gasteiger partial charge is 0.408 e. The number of oxazole rings is 1. The molecule has 6 heteroatoms. The Kier molecular flexibility index (Phi) is 3.20. The Bertz CT molecular complexity index is 852. The average Bonchev–Trinajstić information content (AvgIpc) is 2.70. The summed E-state index contributed by atoms with van der Waals surface area (Å²) in [4.78, 5) is 11.9. The van der Waals surface area contributed by atoms with Crippen molar-refractivity contribution in [2.75, 3.05) is 5.73 Å². The van der Waals surface area contributed by atoms with Crippen LogP contribution in [0.1, 0.15) is 5.56 Å². The first-order chi connectivity index (χ1) is 9.56. The van der Waals surface area contributed by atoms with Crippen molar-refractivity contribution in [2.45, 2.75) is 6.54 Å². The average molecular weight is 309 g/mol. The number of benzene rings is 2. The van der Waals surface area contributed by atoms with Gasteiger partial charge >= 0.3 is 5.76 Å². The fraction of sp³-hybridized carbons (Fsp3) is 0.0714. The van der Waals surface area contributed by atoms with Crippen molar-refractivity contribution in [1.82, 2.24) is 4.57 Å². The van der Waals surface area contributed by atoms with Crippen LogP contribution in [-0.4, -0.2) is 4.57 Å². The lowest BCUT2D eigenvalue weighted by molar-refractivity contribution is 0.518. The van der Waals surface area contributed by atoms with Gasteiger partial charge in [0.25, 0.3) is 0 Å². The molecule has 2 aromatic carbocycles. The number of para-hydroxylation sites is 1. The summed E-state index contributed by atoms with van der Waals surface area (Å²) in [5.74, 6) is -0.469. The van der Waals surface area contributed by atoms with Gasteiger partial charge < -0.3 is 10.2 Å². The molecule has 0 saturated carbocycles. The lowest BCUT2D eigenvalue weighted by Gasteiger charge is -2.06. The number of anilines is 1. The van der Waals surface area contributed by atoms with Crippen molar-refractivity contribution in [1.29, 1.82) is 0 Å². The normalized spacial score (nSPS) is 11.1. The molecule has 0 unspecified atom stereocenters. The largest absolute Gasteiger partial charge is 0.420 e. The maximum Gasteiger partial charge on any atom is 0.420 e. The minimum absolute atomic E-state index is 0.274. The Balaban J connectivity index is 2.15. The summed E-state index contributed by atoms with van der Waals surface area (Å²) in [6.07, 6.45) is 0. The second-order valence-corrected chi connectivity index (χ2v) is 5.23. The van der Waals surface area contributed by atoms with E-state index in [0.29, 0.717) is 26.8 Å². The molecule has 0 bridgehead atoms. The summed E-state index contributed by atoms with van der Waals surface area (Å²) in [7, 11) is 0. The lowest BCUT2D eigenvalue weighted by Crippen LogP contribution is -2.15. The molecule has 3 aromatic rings. The van der Waals surface area contributed by atoms with Gasteiger partial charge in [0, 0.05) is 10.0 Å². The molecule has 20 heavy (non-hydrogen) atoms. The highest BCUT2D eigenvalue weighted by atomic mass is 35.5. The molecule has 0 radical (unpaired) electrons. The highest BCUT2D eigenvalue weighted by Crippen LogP contribution is 2.24. The molecular formula is C14H10Cl2N2O2. The third-order valence-electron chi connectivity index (χ3n) is 3.06. The first-order valence-corrected chi connectivity index (χ1v) is 6.63. The highest BCUT2D eigenvalue weighted by Gasteiger charge is 2.13. The number of hydrogen-bond donors (Lipinski definition) is 1. The number of aromatic nitrogens is 1. The van der Waals surface area contributed by atoms with Gasteiger partial charge in [0.1, 0.15) is 5.52 Å². The van der Waals surface area contributed by atoms with Crippen LogP contribution in [0.15, 0.2) is 45.6 Å². The number of nitrogens with two attached hydrogens (primary N) is 1. The zero-order chi connectivity index (χ0) is 14.3. The number of fused-ring (bicyclic) bond motifs is 1. The third kappa shape index (κ3) is 2.17. The van der Waals surface area contributed by atoms with E-state index in [-0.39, 0.29) is 6.54 Å². The van der Waals surface area contributed by atoms with Gasteiger partial charge in [0.05, 0.1) is 12.2 Å². The number of halogens is 2. The Hall–Kier alpha value is -1.91. The zero-order valence-electron chi connectivity index (χ0n) is 10.3. The van der Waals surface area contributed by atoms with Gasteiger partial charge in [-0.05, 0) is 29.8 Å². The van der Waals surface area contributed by atoms with Gasteiger partial charge in [0.2, 0.25) is 0 Å². The van der Waals surface area contributed by atoms with Gasteiger partial charge in [-0.3, -0.25) is 4.57 Å². The Labute approximate surface area is 124 Å². The molecule has 102 valence electrons. The molecule has 1 heterocycles. The van der Waals surface area contributed by atoms with Gasteiger partial charge in [-0.1, -0.05) is 35.3 Å². The molecule has 0 atom stereocenters. The monoisotopic (exact) mass is 308 g/mol. The summed E-state index contributed by atoms with van der Waals surface area (Å²) >= 11 is 12.0. The molecule has 0 aliphatic carbocycles. The van der Waals surface area contributed by atoms with E-state index >= 15 is 0 Å². The maximum atomic E-state index is 11.9. The number of rotatable bonds is 2. The fourth-order valence-electron chi connectivity index (χ4n) is 2.11.